The molecule has 7 nitrogen and oxygen atoms in total. The van der Waals surface area contributed by atoms with Crippen LogP contribution in [0.15, 0.2) is 12.2 Å². The van der Waals surface area contributed by atoms with Crippen LogP contribution in [0.5, 0.6) is 0 Å². The van der Waals surface area contributed by atoms with Gasteiger partial charge in [-0.2, -0.15) is 0 Å². The van der Waals surface area contributed by atoms with Gasteiger partial charge in [-0.3, -0.25) is 4.79 Å². The Bertz CT molecular complexity index is 764. The molecule has 0 unspecified atom stereocenters. The van der Waals surface area contributed by atoms with Crippen molar-refractivity contribution >= 4 is 5.78 Å². The first-order valence-corrected chi connectivity index (χ1v) is 10.3. The second-order valence-corrected chi connectivity index (χ2v) is 10.4. The Morgan fingerprint density at radius 3 is 2.43 bits per heavy atom. The molecule has 6 aliphatic rings. The summed E-state index contributed by atoms with van der Waals surface area (Å²) in [7, 11) is 0. The fourth-order valence-electron chi connectivity index (χ4n) is 8.39. The van der Waals surface area contributed by atoms with E-state index in [2.05, 4.69) is 6.58 Å². The SMILES string of the molecule is C=C1C(=O)[C@]23[C@H](O)[C@H]1CC[C@H]2[C@@]12CCO[C@]3(O)[C@@H](O)[C@@H]1C(C)(C)C[C@H](O)[C@H]2O. The molecule has 6 rings (SSSR count). The minimum atomic E-state index is -2.25. The highest BCUT2D eigenvalue weighted by Crippen LogP contribution is 2.75. The second-order valence-electron chi connectivity index (χ2n) is 10.4. The van der Waals surface area contributed by atoms with E-state index in [9.17, 15) is 30.3 Å². The van der Waals surface area contributed by atoms with Gasteiger partial charge >= 0.3 is 0 Å². The minimum Gasteiger partial charge on any atom is -0.391 e. The number of Topliss-reactive ketones (excluding diaryl/α,β-unsaturated/α-hetero) is 1. The number of carbonyl (C=O) groups is 1. The summed E-state index contributed by atoms with van der Waals surface area (Å²) in [6.45, 7) is 7.72. The maximum absolute atomic E-state index is 13.5. The molecule has 4 saturated carbocycles. The van der Waals surface area contributed by atoms with Crippen LogP contribution < -0.4 is 0 Å². The van der Waals surface area contributed by atoms with Crippen LogP contribution in [0.1, 0.15) is 39.5 Å². The van der Waals surface area contributed by atoms with E-state index in [1.54, 1.807) is 0 Å². The Morgan fingerprint density at radius 1 is 1.07 bits per heavy atom. The zero-order chi connectivity index (χ0) is 20.4. The molecular weight excluding hydrogens is 364 g/mol. The Balaban J connectivity index is 1.85. The van der Waals surface area contributed by atoms with Gasteiger partial charge in [-0.25, -0.2) is 0 Å². The van der Waals surface area contributed by atoms with Crippen molar-refractivity contribution in [1.82, 2.24) is 0 Å². The molecule has 0 radical (unpaired) electrons. The topological polar surface area (TPSA) is 127 Å². The Hall–Kier alpha value is -0.830. The van der Waals surface area contributed by atoms with E-state index in [-0.39, 0.29) is 18.6 Å². The second kappa shape index (κ2) is 5.25. The van der Waals surface area contributed by atoms with Gasteiger partial charge in [0.1, 0.15) is 11.5 Å². The van der Waals surface area contributed by atoms with E-state index in [1.165, 1.54) is 0 Å². The minimum absolute atomic E-state index is 0.0271. The molecule has 5 N–H and O–H groups in total. The quantitative estimate of drug-likeness (QED) is 0.358. The van der Waals surface area contributed by atoms with Gasteiger partial charge < -0.3 is 30.3 Å². The normalized spacial score (nSPS) is 59.6. The molecule has 0 amide bonds. The molecule has 2 saturated heterocycles. The Labute approximate surface area is 164 Å². The van der Waals surface area contributed by atoms with Crippen LogP contribution in [0.3, 0.4) is 0 Å². The molecule has 6 fully saturated rings. The fraction of sp³-hybridized carbons (Fsp3) is 0.857. The van der Waals surface area contributed by atoms with E-state index in [0.29, 0.717) is 19.3 Å². The van der Waals surface area contributed by atoms with Crippen LogP contribution in [0, 0.1) is 34.0 Å². The van der Waals surface area contributed by atoms with E-state index in [4.69, 9.17) is 4.74 Å². The molecule has 0 aromatic rings. The van der Waals surface area contributed by atoms with Crippen molar-refractivity contribution in [1.29, 1.82) is 0 Å². The van der Waals surface area contributed by atoms with Crippen molar-refractivity contribution in [3.05, 3.63) is 12.2 Å². The zero-order valence-electron chi connectivity index (χ0n) is 16.3. The van der Waals surface area contributed by atoms with Gasteiger partial charge in [0.05, 0.1) is 24.9 Å². The van der Waals surface area contributed by atoms with Crippen LogP contribution in [0.2, 0.25) is 0 Å². The summed E-state index contributed by atoms with van der Waals surface area (Å²) < 4.78 is 5.83. The third-order valence-electron chi connectivity index (χ3n) is 9.17. The Morgan fingerprint density at radius 2 is 1.75 bits per heavy atom. The van der Waals surface area contributed by atoms with Gasteiger partial charge in [0.2, 0.25) is 5.79 Å². The van der Waals surface area contributed by atoms with Crippen molar-refractivity contribution in [2.45, 2.75) is 69.7 Å². The van der Waals surface area contributed by atoms with Gasteiger partial charge in [-0.05, 0) is 42.6 Å². The largest absolute Gasteiger partial charge is 0.391 e. The van der Waals surface area contributed by atoms with Crippen molar-refractivity contribution in [3.8, 4) is 0 Å². The van der Waals surface area contributed by atoms with Crippen LogP contribution in [0.25, 0.3) is 0 Å². The first-order valence-electron chi connectivity index (χ1n) is 10.3. The number of hydrogen-bond acceptors (Lipinski definition) is 7. The lowest BCUT2D eigenvalue weighted by molar-refractivity contribution is -0.388. The highest BCUT2D eigenvalue weighted by atomic mass is 16.6. The first-order chi connectivity index (χ1) is 13.0. The predicted octanol–water partition coefficient (Wildman–Crippen LogP) is -0.264. The number of ketones is 1. The van der Waals surface area contributed by atoms with Gasteiger partial charge in [0.25, 0.3) is 0 Å². The molecular formula is C21H30O7. The standard InChI is InChI=1S/C21H30O7/c1-9-10-4-5-12-19-6-7-28-21(27,20(12,14(9)23)15(10)24)17(26)13(19)18(2,3)8-11(22)16(19)25/h10-13,15-17,22,24-27H,1,4-8H2,2-3H3/t10-,11-,12-,13+,15+,16+,17-,19-,20-,21+/m0/s1. The fourth-order valence-corrected chi connectivity index (χ4v) is 8.39. The highest BCUT2D eigenvalue weighted by molar-refractivity contribution is 6.05. The maximum atomic E-state index is 13.5. The monoisotopic (exact) mass is 394 g/mol. The van der Waals surface area contributed by atoms with Crippen molar-refractivity contribution in [3.63, 3.8) is 0 Å². The van der Waals surface area contributed by atoms with Crippen LogP contribution in [-0.4, -0.2) is 68.1 Å². The molecule has 4 bridgehead atoms. The lowest BCUT2D eigenvalue weighted by Gasteiger charge is -2.69. The molecule has 2 aliphatic heterocycles. The number of ether oxygens (including phenoxy) is 1. The average Bonchev–Trinajstić information content (AvgIpc) is 2.77. The molecule has 28 heavy (non-hydrogen) atoms. The number of hydrogen-bond donors (Lipinski definition) is 5. The van der Waals surface area contributed by atoms with E-state index in [0.717, 1.165) is 0 Å². The summed E-state index contributed by atoms with van der Waals surface area (Å²) in [6, 6.07) is 0. The average molecular weight is 394 g/mol. The summed E-state index contributed by atoms with van der Waals surface area (Å²) in [5, 5.41) is 56.6. The van der Waals surface area contributed by atoms with Crippen molar-refractivity contribution in [2.24, 2.45) is 34.0 Å². The van der Waals surface area contributed by atoms with Gasteiger partial charge in [-0.1, -0.05) is 20.4 Å². The van der Waals surface area contributed by atoms with Gasteiger partial charge in [-0.15, -0.1) is 0 Å². The van der Waals surface area contributed by atoms with Crippen LogP contribution in [0.4, 0.5) is 0 Å². The zero-order valence-corrected chi connectivity index (χ0v) is 16.3. The van der Waals surface area contributed by atoms with Gasteiger partial charge in [0, 0.05) is 17.3 Å². The summed E-state index contributed by atoms with van der Waals surface area (Å²) >= 11 is 0. The lowest BCUT2D eigenvalue weighted by Crippen LogP contribution is -2.80. The number of carbonyl (C=O) groups excluding carboxylic acids is 1. The molecule has 156 valence electrons. The summed E-state index contributed by atoms with van der Waals surface area (Å²) in [5.41, 5.74) is -3.17. The third kappa shape index (κ3) is 1.66. The summed E-state index contributed by atoms with van der Waals surface area (Å²) in [5.74, 6) is -4.43. The van der Waals surface area contributed by atoms with Crippen molar-refractivity contribution in [2.75, 3.05) is 6.61 Å². The van der Waals surface area contributed by atoms with Crippen LogP contribution >= 0.6 is 0 Å². The number of fused-ring (bicyclic) bond motifs is 3. The lowest BCUT2D eigenvalue weighted by atomic mass is 9.36. The number of aliphatic hydroxyl groups excluding tert-OH is 4. The Kier molecular flexibility index (Phi) is 3.59. The molecule has 2 heterocycles. The smallest absolute Gasteiger partial charge is 0.208 e. The molecule has 4 aliphatic carbocycles. The van der Waals surface area contributed by atoms with E-state index in [1.807, 2.05) is 13.8 Å². The predicted molar refractivity (Wildman–Crippen MR) is 96.7 cm³/mol. The van der Waals surface area contributed by atoms with E-state index < -0.39 is 70.0 Å². The molecule has 10 atom stereocenters. The number of rotatable bonds is 0. The number of aliphatic hydroxyl groups is 5. The third-order valence-corrected chi connectivity index (χ3v) is 9.17. The molecule has 7 heteroatoms. The molecule has 0 aromatic carbocycles. The summed E-state index contributed by atoms with van der Waals surface area (Å²) in [4.78, 5) is 13.5. The first kappa shape index (κ1) is 19.2. The highest BCUT2D eigenvalue weighted by Gasteiger charge is 2.85. The van der Waals surface area contributed by atoms with E-state index >= 15 is 0 Å². The van der Waals surface area contributed by atoms with Crippen molar-refractivity contribution < 1.29 is 35.1 Å². The van der Waals surface area contributed by atoms with Gasteiger partial charge in [0.15, 0.2) is 5.78 Å². The molecule has 2 spiro atoms. The summed E-state index contributed by atoms with van der Waals surface area (Å²) in [6.07, 6.45) is -3.36. The maximum Gasteiger partial charge on any atom is 0.208 e. The van der Waals surface area contributed by atoms with Crippen LogP contribution in [-0.2, 0) is 9.53 Å². The molecule has 0 aromatic heterocycles.